The van der Waals surface area contributed by atoms with Crippen LogP contribution in [0.4, 0.5) is 0 Å². The molecule has 12 heteroatoms. The van der Waals surface area contributed by atoms with Gasteiger partial charge >= 0.3 is 0 Å². The molecule has 0 fully saturated rings. The van der Waals surface area contributed by atoms with Gasteiger partial charge in [-0.25, -0.2) is 44.9 Å². The fourth-order valence-electron chi connectivity index (χ4n) is 20.3. The molecule has 3 aliphatic carbocycles. The standard InChI is InChI=1S/C45H30N4.2C39H28N4/c1-4-14-32(15-5-1)42-47-43(33-27-25-31(26-28-33)34-16-13-29-46-30-34)49-44(48-42)38-22-12-24-40-41(38)37-21-10-11-23-39(37)45(40,35-17-6-2-7-18-35)36-19-8-3-9-20-36;1-39(2)33-16-8-15-32(34(33)31-22-21-26-10-6-7-14-30(26)35(31)39)38-42-36(27-11-4-3-5-12-27)41-37(43-38)28-19-17-25(18-20-28)29-13-9-23-40-24-29;1-39(2)32-16-8-15-31(35(32)34-30-14-7-6-10-26(30)21-22-33(34)39)38-42-36(27-11-4-3-5-12-27)41-37(43-38)28-19-17-25(18-20-28)29-13-9-23-40-24-29/h1-30H;2*3-24H,1-2H3. The van der Waals surface area contributed by atoms with Crippen molar-refractivity contribution in [2.24, 2.45) is 0 Å². The van der Waals surface area contributed by atoms with Gasteiger partial charge in [0.15, 0.2) is 52.4 Å². The van der Waals surface area contributed by atoms with Crippen molar-refractivity contribution >= 4 is 21.5 Å². The van der Waals surface area contributed by atoms with Crippen molar-refractivity contribution in [1.82, 2.24) is 59.8 Å². The van der Waals surface area contributed by atoms with Crippen LogP contribution in [0.25, 0.3) is 191 Å². The van der Waals surface area contributed by atoms with Gasteiger partial charge in [-0.2, -0.15) is 0 Å². The van der Waals surface area contributed by atoms with E-state index in [0.29, 0.717) is 52.4 Å². The van der Waals surface area contributed by atoms with Gasteiger partial charge < -0.3 is 0 Å². The van der Waals surface area contributed by atoms with Gasteiger partial charge in [-0.3, -0.25) is 15.0 Å². The Balaban J connectivity index is 0.000000114. The zero-order valence-electron chi connectivity index (χ0n) is 74.6. The molecule has 0 radical (unpaired) electrons. The highest BCUT2D eigenvalue weighted by atomic mass is 15.1. The molecule has 0 amide bonds. The van der Waals surface area contributed by atoms with E-state index in [1.165, 1.54) is 93.9 Å². The Bertz CT molecular complexity index is 8180. The zero-order valence-corrected chi connectivity index (χ0v) is 74.6. The minimum Gasteiger partial charge on any atom is -0.264 e. The van der Waals surface area contributed by atoms with Gasteiger partial charge in [-0.05, 0) is 151 Å². The smallest absolute Gasteiger partial charge is 0.164 e. The summed E-state index contributed by atoms with van der Waals surface area (Å²) in [6.07, 6.45) is 11.0. The molecule has 638 valence electrons. The molecule has 0 spiro atoms. The van der Waals surface area contributed by atoms with E-state index in [1.54, 1.807) is 18.6 Å². The number of hydrogen-bond acceptors (Lipinski definition) is 12. The highest BCUT2D eigenvalue weighted by molar-refractivity contribution is 6.07. The van der Waals surface area contributed by atoms with E-state index in [9.17, 15) is 0 Å². The summed E-state index contributed by atoms with van der Waals surface area (Å²) < 4.78 is 0. The molecule has 0 bridgehead atoms. The first-order chi connectivity index (χ1) is 66.5. The minimum atomic E-state index is -0.509. The number of aromatic nitrogens is 12. The van der Waals surface area contributed by atoms with Crippen molar-refractivity contribution in [2.45, 2.75) is 43.9 Å². The Morgan fingerprint density at radius 2 is 0.467 bits per heavy atom. The number of rotatable bonds is 14. The Morgan fingerprint density at radius 3 is 0.889 bits per heavy atom. The molecule has 0 atom stereocenters. The molecular weight excluding hydrogens is 1650 g/mol. The number of benzene rings is 16. The first-order valence-corrected chi connectivity index (χ1v) is 45.6. The van der Waals surface area contributed by atoms with Crippen LogP contribution in [0, 0.1) is 0 Å². The van der Waals surface area contributed by atoms with Gasteiger partial charge in [0.2, 0.25) is 0 Å². The lowest BCUT2D eigenvalue weighted by atomic mass is 9.67. The van der Waals surface area contributed by atoms with E-state index in [2.05, 4.69) is 370 Å². The lowest BCUT2D eigenvalue weighted by Crippen LogP contribution is -2.28. The Labute approximate surface area is 783 Å². The predicted octanol–water partition coefficient (Wildman–Crippen LogP) is 29.1. The van der Waals surface area contributed by atoms with Crippen LogP contribution >= 0.6 is 0 Å². The summed E-state index contributed by atoms with van der Waals surface area (Å²) in [4.78, 5) is 58.7. The fraction of sp³-hybridized carbons (Fsp3) is 0.0569. The number of pyridine rings is 3. The summed E-state index contributed by atoms with van der Waals surface area (Å²) in [5.74, 6) is 5.87. The lowest BCUT2D eigenvalue weighted by Gasteiger charge is -2.33. The molecule has 0 aliphatic heterocycles. The number of nitrogens with zero attached hydrogens (tertiary/aromatic N) is 12. The number of fused-ring (bicyclic) bond motifs is 13. The summed E-state index contributed by atoms with van der Waals surface area (Å²) >= 11 is 0. The molecule has 22 aromatic rings. The average molecular weight is 1730 g/mol. The second kappa shape index (κ2) is 34.4. The van der Waals surface area contributed by atoms with Crippen LogP contribution in [0.1, 0.15) is 72.2 Å². The van der Waals surface area contributed by atoms with E-state index in [0.717, 1.165) is 89.0 Å². The van der Waals surface area contributed by atoms with Gasteiger partial charge in [-0.15, -0.1) is 0 Å². The number of hydrogen-bond donors (Lipinski definition) is 0. The molecular formula is C123H86N12. The van der Waals surface area contributed by atoms with Crippen molar-refractivity contribution in [2.75, 3.05) is 0 Å². The fourth-order valence-corrected chi connectivity index (χ4v) is 20.3. The molecule has 16 aromatic carbocycles. The molecule has 0 N–H and O–H groups in total. The van der Waals surface area contributed by atoms with Gasteiger partial charge in [0.05, 0.1) is 5.41 Å². The quantitative estimate of drug-likeness (QED) is 0.102. The molecule has 25 rings (SSSR count). The third-order valence-corrected chi connectivity index (χ3v) is 26.8. The van der Waals surface area contributed by atoms with Crippen molar-refractivity contribution < 1.29 is 0 Å². The summed E-state index contributed by atoms with van der Waals surface area (Å²) in [5, 5.41) is 5.03. The van der Waals surface area contributed by atoms with Crippen molar-refractivity contribution in [3.63, 3.8) is 0 Å². The minimum absolute atomic E-state index is 0.148. The highest BCUT2D eigenvalue weighted by Crippen LogP contribution is 2.60. The van der Waals surface area contributed by atoms with Gasteiger partial charge in [-0.1, -0.05) is 422 Å². The monoisotopic (exact) mass is 1730 g/mol. The zero-order chi connectivity index (χ0) is 90.6. The maximum Gasteiger partial charge on any atom is 0.164 e. The maximum absolute atomic E-state index is 5.21. The van der Waals surface area contributed by atoms with Crippen LogP contribution < -0.4 is 0 Å². The molecule has 0 saturated heterocycles. The Morgan fingerprint density at radius 1 is 0.170 bits per heavy atom. The van der Waals surface area contributed by atoms with Crippen molar-refractivity contribution in [1.29, 1.82) is 0 Å². The van der Waals surface area contributed by atoms with Crippen LogP contribution in [-0.4, -0.2) is 59.8 Å². The molecule has 135 heavy (non-hydrogen) atoms. The van der Waals surface area contributed by atoms with E-state index >= 15 is 0 Å². The summed E-state index contributed by atoms with van der Waals surface area (Å²) in [7, 11) is 0. The molecule has 0 unspecified atom stereocenters. The van der Waals surface area contributed by atoms with Crippen LogP contribution in [0.3, 0.4) is 0 Å². The average Bonchev–Trinajstić information content (AvgIpc) is 1.54. The molecule has 6 aromatic heterocycles. The molecule has 12 nitrogen and oxygen atoms in total. The first kappa shape index (κ1) is 82.0. The van der Waals surface area contributed by atoms with Gasteiger partial charge in [0.1, 0.15) is 0 Å². The van der Waals surface area contributed by atoms with Gasteiger partial charge in [0, 0.05) is 98.1 Å². The highest BCUT2D eigenvalue weighted by Gasteiger charge is 2.48. The topological polar surface area (TPSA) is 155 Å². The first-order valence-electron chi connectivity index (χ1n) is 45.6. The summed E-state index contributed by atoms with van der Waals surface area (Å²) in [6, 6.07) is 144. The van der Waals surface area contributed by atoms with Crippen LogP contribution in [0.15, 0.2) is 450 Å². The normalized spacial score (nSPS) is 12.9. The van der Waals surface area contributed by atoms with Crippen LogP contribution in [-0.2, 0) is 16.2 Å². The van der Waals surface area contributed by atoms with Crippen LogP contribution in [0.2, 0.25) is 0 Å². The Kier molecular flexibility index (Phi) is 20.9. The van der Waals surface area contributed by atoms with Crippen molar-refractivity contribution in [3.8, 4) is 169 Å². The maximum atomic E-state index is 5.21. The third kappa shape index (κ3) is 14.8. The van der Waals surface area contributed by atoms with E-state index in [-0.39, 0.29) is 10.8 Å². The lowest BCUT2D eigenvalue weighted by molar-refractivity contribution is 0.661. The third-order valence-electron chi connectivity index (χ3n) is 26.8. The Hall–Kier alpha value is -17.5. The molecule has 0 saturated carbocycles. The van der Waals surface area contributed by atoms with Crippen molar-refractivity contribution in [3.05, 3.63) is 494 Å². The van der Waals surface area contributed by atoms with Crippen LogP contribution in [0.5, 0.6) is 0 Å². The van der Waals surface area contributed by atoms with E-state index < -0.39 is 5.41 Å². The summed E-state index contributed by atoms with van der Waals surface area (Å²) in [6.45, 7) is 9.28. The van der Waals surface area contributed by atoms with Gasteiger partial charge in [0.25, 0.3) is 0 Å². The second-order valence-corrected chi connectivity index (χ2v) is 35.4. The second-order valence-electron chi connectivity index (χ2n) is 35.4. The molecule has 6 heterocycles. The molecule has 3 aliphatic rings. The largest absolute Gasteiger partial charge is 0.264 e. The predicted molar refractivity (Wildman–Crippen MR) is 546 cm³/mol. The SMILES string of the molecule is CC1(C)c2cccc(-c3nc(-c4ccccc4)nc(-c4ccc(-c5cccnc5)cc4)n3)c2-c2c1ccc1ccccc21.CC1(C)c2cccc(-c3nc(-c4ccccc4)nc(-c4ccc(-c5cccnc5)cc4)n3)c2-c2ccc3ccccc3c21.c1ccc(-c2nc(-c3ccc(-c4cccnc4)cc3)nc(-c3cccc4c3-c3ccccc3C4(c3ccccc3)c3ccccc3)n2)cc1. The van der Waals surface area contributed by atoms with E-state index in [4.69, 9.17) is 44.9 Å². The van der Waals surface area contributed by atoms with E-state index in [1.807, 2.05) is 104 Å². The summed E-state index contributed by atoms with van der Waals surface area (Å²) in [5.41, 5.74) is 31.8.